The number of benzene rings is 1. The van der Waals surface area contributed by atoms with Crippen molar-refractivity contribution in [3.8, 4) is 0 Å². The van der Waals surface area contributed by atoms with Crippen LogP contribution in [0.25, 0.3) is 0 Å². The molecule has 1 aromatic rings. The fourth-order valence-electron chi connectivity index (χ4n) is 0.891. The maximum absolute atomic E-state index is 11.5. The molecule has 0 saturated carbocycles. The highest BCUT2D eigenvalue weighted by Crippen LogP contribution is 2.13. The van der Waals surface area contributed by atoms with E-state index in [-0.39, 0.29) is 5.91 Å². The van der Waals surface area contributed by atoms with Gasteiger partial charge in [0, 0.05) is 10.4 Å². The van der Waals surface area contributed by atoms with Gasteiger partial charge in [-0.25, -0.2) is 4.79 Å². The summed E-state index contributed by atoms with van der Waals surface area (Å²) >= 11 is 5.68. The van der Waals surface area contributed by atoms with Crippen LogP contribution in [0.1, 0.15) is 31.1 Å². The van der Waals surface area contributed by atoms with Crippen molar-refractivity contribution >= 4 is 23.5 Å². The van der Waals surface area contributed by atoms with Gasteiger partial charge in [0.2, 0.25) is 0 Å². The standard InChI is InChI=1S/C12H14ClNO3/c1-12(2,3)11(16)14-17-10(15)8-4-6-9(13)7-5-8/h4-7H,1-3H3,(H,14,16). The summed E-state index contributed by atoms with van der Waals surface area (Å²) in [5.74, 6) is -0.987. The first-order valence-corrected chi connectivity index (χ1v) is 5.45. The molecule has 1 amide bonds. The van der Waals surface area contributed by atoms with E-state index in [1.54, 1.807) is 32.9 Å². The third-order valence-corrected chi connectivity index (χ3v) is 2.25. The largest absolute Gasteiger partial charge is 0.362 e. The second-order valence-corrected chi connectivity index (χ2v) is 5.01. The Kier molecular flexibility index (Phi) is 4.12. The number of hydroxylamine groups is 1. The van der Waals surface area contributed by atoms with Crippen molar-refractivity contribution in [1.29, 1.82) is 0 Å². The van der Waals surface area contributed by atoms with Gasteiger partial charge in [0.1, 0.15) is 0 Å². The average molecular weight is 256 g/mol. The molecule has 0 atom stereocenters. The zero-order valence-electron chi connectivity index (χ0n) is 9.91. The minimum Gasteiger partial charge on any atom is -0.335 e. The van der Waals surface area contributed by atoms with Crippen molar-refractivity contribution in [2.45, 2.75) is 20.8 Å². The molecule has 1 aromatic carbocycles. The number of hydrogen-bond acceptors (Lipinski definition) is 3. The number of nitrogens with one attached hydrogen (secondary N) is 1. The Balaban J connectivity index is 2.56. The third-order valence-electron chi connectivity index (χ3n) is 2.00. The maximum atomic E-state index is 11.5. The Labute approximate surface area is 105 Å². The summed E-state index contributed by atoms with van der Waals surface area (Å²) < 4.78 is 0. The molecule has 0 aliphatic rings. The van der Waals surface area contributed by atoms with E-state index in [4.69, 9.17) is 11.6 Å². The van der Waals surface area contributed by atoms with E-state index in [0.717, 1.165) is 0 Å². The molecule has 0 spiro atoms. The van der Waals surface area contributed by atoms with Crippen molar-refractivity contribution in [1.82, 2.24) is 5.48 Å². The molecule has 0 fully saturated rings. The van der Waals surface area contributed by atoms with Crippen LogP contribution in [0.15, 0.2) is 24.3 Å². The van der Waals surface area contributed by atoms with E-state index in [1.807, 2.05) is 0 Å². The van der Waals surface area contributed by atoms with Crippen LogP contribution in [-0.2, 0) is 9.63 Å². The van der Waals surface area contributed by atoms with Gasteiger partial charge in [0.15, 0.2) is 0 Å². The number of rotatable bonds is 1. The normalized spacial score (nSPS) is 10.8. The van der Waals surface area contributed by atoms with Gasteiger partial charge in [-0.15, -0.1) is 0 Å². The molecule has 1 N–H and O–H groups in total. The Bertz CT molecular complexity index is 420. The molecule has 0 radical (unpaired) electrons. The highest BCUT2D eigenvalue weighted by Gasteiger charge is 2.22. The lowest BCUT2D eigenvalue weighted by atomic mass is 9.96. The van der Waals surface area contributed by atoms with E-state index in [1.165, 1.54) is 12.1 Å². The number of hydrogen-bond donors (Lipinski definition) is 1. The van der Waals surface area contributed by atoms with Crippen molar-refractivity contribution in [2.24, 2.45) is 5.41 Å². The topological polar surface area (TPSA) is 55.4 Å². The van der Waals surface area contributed by atoms with Crippen LogP contribution in [-0.4, -0.2) is 11.9 Å². The first kappa shape index (κ1) is 13.5. The summed E-state index contributed by atoms with van der Waals surface area (Å²) in [6.45, 7) is 5.16. The number of halogens is 1. The molecular formula is C12H14ClNO3. The summed E-state index contributed by atoms with van der Waals surface area (Å²) in [4.78, 5) is 27.6. The number of carbonyl (C=O) groups excluding carboxylic acids is 2. The summed E-state index contributed by atoms with van der Waals surface area (Å²) in [5.41, 5.74) is 1.83. The van der Waals surface area contributed by atoms with Crippen LogP contribution in [0, 0.1) is 5.41 Å². The molecule has 0 unspecified atom stereocenters. The highest BCUT2D eigenvalue weighted by atomic mass is 35.5. The number of amides is 1. The minimum absolute atomic E-state index is 0.323. The lowest BCUT2D eigenvalue weighted by Crippen LogP contribution is -2.36. The Hall–Kier alpha value is -1.55. The van der Waals surface area contributed by atoms with Crippen LogP contribution >= 0.6 is 11.6 Å². The van der Waals surface area contributed by atoms with Gasteiger partial charge in [0.05, 0.1) is 5.56 Å². The van der Waals surface area contributed by atoms with Crippen molar-refractivity contribution in [2.75, 3.05) is 0 Å². The van der Waals surface area contributed by atoms with Gasteiger partial charge < -0.3 is 4.84 Å². The molecule has 4 nitrogen and oxygen atoms in total. The summed E-state index contributed by atoms with van der Waals surface area (Å²) in [6.07, 6.45) is 0. The van der Waals surface area contributed by atoms with E-state index in [9.17, 15) is 9.59 Å². The van der Waals surface area contributed by atoms with Crippen LogP contribution < -0.4 is 5.48 Å². The van der Waals surface area contributed by atoms with Crippen LogP contribution in [0.2, 0.25) is 5.02 Å². The predicted octanol–water partition coefficient (Wildman–Crippen LogP) is 2.57. The second-order valence-electron chi connectivity index (χ2n) is 4.58. The van der Waals surface area contributed by atoms with E-state index >= 15 is 0 Å². The molecule has 17 heavy (non-hydrogen) atoms. The van der Waals surface area contributed by atoms with Gasteiger partial charge in [0.25, 0.3) is 5.91 Å². The Morgan fingerprint density at radius 3 is 2.18 bits per heavy atom. The van der Waals surface area contributed by atoms with Gasteiger partial charge in [-0.05, 0) is 24.3 Å². The van der Waals surface area contributed by atoms with Crippen LogP contribution in [0.3, 0.4) is 0 Å². The minimum atomic E-state index is -0.626. The molecule has 92 valence electrons. The first-order chi connectivity index (χ1) is 7.80. The molecular weight excluding hydrogens is 242 g/mol. The summed E-state index contributed by atoms with van der Waals surface area (Å²) in [5, 5.41) is 0.528. The molecule has 0 heterocycles. The fraction of sp³-hybridized carbons (Fsp3) is 0.333. The number of carbonyl (C=O) groups is 2. The SMILES string of the molecule is CC(C)(C)C(=O)NOC(=O)c1ccc(Cl)cc1. The lowest BCUT2D eigenvalue weighted by molar-refractivity contribution is -0.137. The van der Waals surface area contributed by atoms with Gasteiger partial charge in [-0.1, -0.05) is 32.4 Å². The average Bonchev–Trinajstić information content (AvgIpc) is 2.25. The fourth-order valence-corrected chi connectivity index (χ4v) is 1.02. The molecule has 0 aromatic heterocycles. The second kappa shape index (κ2) is 5.19. The monoisotopic (exact) mass is 255 g/mol. The van der Waals surface area contributed by atoms with E-state index in [0.29, 0.717) is 10.6 Å². The highest BCUT2D eigenvalue weighted by molar-refractivity contribution is 6.30. The van der Waals surface area contributed by atoms with Crippen LogP contribution in [0.5, 0.6) is 0 Å². The molecule has 0 bridgehead atoms. The van der Waals surface area contributed by atoms with Crippen molar-refractivity contribution in [3.05, 3.63) is 34.9 Å². The van der Waals surface area contributed by atoms with Crippen molar-refractivity contribution in [3.63, 3.8) is 0 Å². The zero-order valence-corrected chi connectivity index (χ0v) is 10.7. The molecule has 1 rings (SSSR count). The van der Waals surface area contributed by atoms with E-state index in [2.05, 4.69) is 10.3 Å². The van der Waals surface area contributed by atoms with Crippen molar-refractivity contribution < 1.29 is 14.4 Å². The summed E-state index contributed by atoms with van der Waals surface area (Å²) in [6, 6.07) is 6.19. The van der Waals surface area contributed by atoms with Gasteiger partial charge in [-0.3, -0.25) is 4.79 Å². The van der Waals surface area contributed by atoms with E-state index < -0.39 is 11.4 Å². The lowest BCUT2D eigenvalue weighted by Gasteiger charge is -2.16. The predicted molar refractivity (Wildman–Crippen MR) is 64.5 cm³/mol. The molecule has 0 aliphatic carbocycles. The van der Waals surface area contributed by atoms with Crippen LogP contribution in [0.4, 0.5) is 0 Å². The maximum Gasteiger partial charge on any atom is 0.362 e. The third kappa shape index (κ3) is 4.07. The first-order valence-electron chi connectivity index (χ1n) is 5.08. The quantitative estimate of drug-likeness (QED) is 0.785. The molecule has 5 heteroatoms. The summed E-state index contributed by atoms with van der Waals surface area (Å²) in [7, 11) is 0. The Morgan fingerprint density at radius 1 is 1.18 bits per heavy atom. The molecule has 0 saturated heterocycles. The zero-order chi connectivity index (χ0) is 13.1. The van der Waals surface area contributed by atoms with Gasteiger partial charge in [-0.2, -0.15) is 5.48 Å². The Morgan fingerprint density at radius 2 is 1.71 bits per heavy atom. The smallest absolute Gasteiger partial charge is 0.335 e. The molecule has 0 aliphatic heterocycles. The van der Waals surface area contributed by atoms with Gasteiger partial charge >= 0.3 is 5.97 Å².